The zero-order valence-corrected chi connectivity index (χ0v) is 16.2. The Morgan fingerprint density at radius 3 is 2.61 bits per heavy atom. The fourth-order valence-corrected chi connectivity index (χ4v) is 3.31. The molecule has 0 bridgehead atoms. The lowest BCUT2D eigenvalue weighted by Crippen LogP contribution is -1.97. The van der Waals surface area contributed by atoms with Crippen LogP contribution in [0.4, 0.5) is 5.69 Å². The van der Waals surface area contributed by atoms with Crippen molar-refractivity contribution in [3.63, 3.8) is 0 Å². The quantitative estimate of drug-likeness (QED) is 0.242. The highest BCUT2D eigenvalue weighted by atomic mass is 16.6. The van der Waals surface area contributed by atoms with E-state index in [1.807, 2.05) is 48.5 Å². The number of hydrogen-bond donors (Lipinski definition) is 0. The molecule has 0 atom stereocenters. The molecule has 5 aromatic rings. The average molecular weight is 412 g/mol. The second-order valence-corrected chi connectivity index (χ2v) is 6.93. The van der Waals surface area contributed by atoms with Gasteiger partial charge in [0, 0.05) is 17.7 Å². The number of aromatic nitrogens is 1. The first-order valence-corrected chi connectivity index (χ1v) is 9.56. The maximum atomic E-state index is 11.3. The first-order valence-electron chi connectivity index (χ1n) is 9.56. The highest BCUT2D eigenvalue weighted by molar-refractivity contribution is 5.83. The maximum Gasteiger partial charge on any atom is 0.270 e. The van der Waals surface area contributed by atoms with E-state index in [4.69, 9.17) is 13.6 Å². The summed E-state index contributed by atoms with van der Waals surface area (Å²) in [6.07, 6.45) is 3.14. The Bertz CT molecular complexity index is 1360. The summed E-state index contributed by atoms with van der Waals surface area (Å²) in [5, 5.41) is 11.3. The third-order valence-corrected chi connectivity index (χ3v) is 4.87. The molecule has 0 saturated carbocycles. The van der Waals surface area contributed by atoms with Crippen LogP contribution in [-0.2, 0) is 6.61 Å². The van der Waals surface area contributed by atoms with E-state index in [0.717, 1.165) is 16.7 Å². The van der Waals surface area contributed by atoms with Gasteiger partial charge in [-0.2, -0.15) is 0 Å². The minimum atomic E-state index is -0.459. The highest BCUT2D eigenvalue weighted by Crippen LogP contribution is 2.36. The molecule has 7 heteroatoms. The highest BCUT2D eigenvalue weighted by Gasteiger charge is 2.19. The monoisotopic (exact) mass is 412 g/mol. The molecular weight excluding hydrogens is 396 g/mol. The summed E-state index contributed by atoms with van der Waals surface area (Å²) < 4.78 is 16.9. The van der Waals surface area contributed by atoms with Crippen molar-refractivity contribution in [2.45, 2.75) is 6.61 Å². The predicted octanol–water partition coefficient (Wildman–Crippen LogP) is 6.24. The number of nitro groups is 1. The molecule has 0 fully saturated rings. The van der Waals surface area contributed by atoms with Crippen LogP contribution in [-0.4, -0.2) is 9.91 Å². The topological polar surface area (TPSA) is 91.5 Å². The van der Waals surface area contributed by atoms with E-state index in [-0.39, 0.29) is 18.2 Å². The zero-order valence-electron chi connectivity index (χ0n) is 16.2. The van der Waals surface area contributed by atoms with Crippen molar-refractivity contribution in [3.8, 4) is 28.3 Å². The fourth-order valence-electron chi connectivity index (χ4n) is 3.31. The van der Waals surface area contributed by atoms with Crippen LogP contribution in [0.15, 0.2) is 94.2 Å². The van der Waals surface area contributed by atoms with E-state index in [1.165, 1.54) is 12.1 Å². The van der Waals surface area contributed by atoms with Gasteiger partial charge < -0.3 is 13.6 Å². The second kappa shape index (κ2) is 7.79. The van der Waals surface area contributed by atoms with Gasteiger partial charge in [0.05, 0.1) is 23.0 Å². The number of rotatable bonds is 6. The summed E-state index contributed by atoms with van der Waals surface area (Å²) in [6, 6.07) is 21.8. The Morgan fingerprint density at radius 1 is 0.968 bits per heavy atom. The largest absolute Gasteiger partial charge is 0.488 e. The molecule has 0 N–H and O–H groups in total. The van der Waals surface area contributed by atoms with Gasteiger partial charge in [0.15, 0.2) is 5.58 Å². The van der Waals surface area contributed by atoms with E-state index < -0.39 is 4.92 Å². The van der Waals surface area contributed by atoms with Crippen LogP contribution in [0.2, 0.25) is 0 Å². The predicted molar refractivity (Wildman–Crippen MR) is 115 cm³/mol. The Kier molecular flexibility index (Phi) is 4.68. The Balaban J connectivity index is 1.55. The fraction of sp³-hybridized carbons (Fsp3) is 0.0417. The third-order valence-electron chi connectivity index (χ3n) is 4.87. The molecule has 2 heterocycles. The van der Waals surface area contributed by atoms with Crippen LogP contribution in [0.1, 0.15) is 5.56 Å². The van der Waals surface area contributed by atoms with Gasteiger partial charge in [-0.15, -0.1) is 0 Å². The molecule has 0 unspecified atom stereocenters. The van der Waals surface area contributed by atoms with E-state index in [9.17, 15) is 10.1 Å². The van der Waals surface area contributed by atoms with Crippen LogP contribution < -0.4 is 4.74 Å². The van der Waals surface area contributed by atoms with Crippen LogP contribution in [0.5, 0.6) is 5.75 Å². The van der Waals surface area contributed by atoms with Crippen molar-refractivity contribution in [1.29, 1.82) is 0 Å². The molecule has 0 aliphatic rings. The SMILES string of the molecule is O=[N+]([O-])c1ccc(OCc2ccoc2)c(-c2nc3cc(-c4ccccc4)ccc3o2)c1. The van der Waals surface area contributed by atoms with Crippen molar-refractivity contribution in [2.24, 2.45) is 0 Å². The van der Waals surface area contributed by atoms with Crippen molar-refractivity contribution in [1.82, 2.24) is 4.98 Å². The molecule has 152 valence electrons. The van der Waals surface area contributed by atoms with E-state index in [0.29, 0.717) is 22.4 Å². The number of nitrogens with zero attached hydrogens (tertiary/aromatic N) is 2. The second-order valence-electron chi connectivity index (χ2n) is 6.93. The lowest BCUT2D eigenvalue weighted by molar-refractivity contribution is -0.384. The first-order chi connectivity index (χ1) is 15.2. The van der Waals surface area contributed by atoms with Crippen molar-refractivity contribution in [2.75, 3.05) is 0 Å². The summed E-state index contributed by atoms with van der Waals surface area (Å²) in [6.45, 7) is 0.250. The summed E-state index contributed by atoms with van der Waals surface area (Å²) in [4.78, 5) is 15.4. The number of fused-ring (bicyclic) bond motifs is 1. The molecule has 0 saturated heterocycles. The molecule has 5 rings (SSSR count). The number of nitro benzene ring substituents is 1. The Labute approximate surface area is 176 Å². The molecule has 2 aromatic heterocycles. The van der Waals surface area contributed by atoms with Crippen LogP contribution >= 0.6 is 0 Å². The van der Waals surface area contributed by atoms with Crippen molar-refractivity contribution < 1.29 is 18.5 Å². The van der Waals surface area contributed by atoms with Gasteiger partial charge in [0.1, 0.15) is 17.9 Å². The number of hydrogen-bond acceptors (Lipinski definition) is 6. The van der Waals surface area contributed by atoms with E-state index >= 15 is 0 Å². The average Bonchev–Trinajstić information content (AvgIpc) is 3.47. The molecular formula is C24H16N2O5. The number of benzene rings is 3. The summed E-state index contributed by atoms with van der Waals surface area (Å²) in [7, 11) is 0. The molecule has 0 radical (unpaired) electrons. The van der Waals surface area contributed by atoms with Gasteiger partial charge in [0.25, 0.3) is 5.69 Å². The normalized spacial score (nSPS) is 11.0. The van der Waals surface area contributed by atoms with Gasteiger partial charge in [-0.05, 0) is 35.4 Å². The smallest absolute Gasteiger partial charge is 0.270 e. The lowest BCUT2D eigenvalue weighted by Gasteiger charge is -2.08. The Hall–Kier alpha value is -4.39. The van der Waals surface area contributed by atoms with Gasteiger partial charge in [-0.3, -0.25) is 10.1 Å². The van der Waals surface area contributed by atoms with Crippen molar-refractivity contribution in [3.05, 3.63) is 101 Å². The molecule has 7 nitrogen and oxygen atoms in total. The summed E-state index contributed by atoms with van der Waals surface area (Å²) in [5.41, 5.74) is 4.49. The first kappa shape index (κ1) is 18.6. The number of furan rings is 1. The summed E-state index contributed by atoms with van der Waals surface area (Å²) in [5.74, 6) is 0.688. The lowest BCUT2D eigenvalue weighted by atomic mass is 10.1. The van der Waals surface area contributed by atoms with Gasteiger partial charge >= 0.3 is 0 Å². The molecule has 0 aliphatic carbocycles. The summed E-state index contributed by atoms with van der Waals surface area (Å²) >= 11 is 0. The van der Waals surface area contributed by atoms with Gasteiger partial charge in [0.2, 0.25) is 5.89 Å². The number of ether oxygens (including phenoxy) is 1. The van der Waals surface area contributed by atoms with Gasteiger partial charge in [-0.25, -0.2) is 4.98 Å². The van der Waals surface area contributed by atoms with Crippen LogP contribution in [0.25, 0.3) is 33.7 Å². The van der Waals surface area contributed by atoms with Crippen LogP contribution in [0.3, 0.4) is 0 Å². The van der Waals surface area contributed by atoms with Crippen LogP contribution in [0, 0.1) is 10.1 Å². The standard InChI is InChI=1S/C24H16N2O5/c27-26(28)19-7-9-22(30-15-16-10-11-29-14-16)20(13-19)24-25-21-12-18(6-8-23(21)31-24)17-4-2-1-3-5-17/h1-14H,15H2. The molecule has 0 spiro atoms. The molecule has 0 aliphatic heterocycles. The maximum absolute atomic E-state index is 11.3. The minimum absolute atomic E-state index is 0.0714. The van der Waals surface area contributed by atoms with E-state index in [1.54, 1.807) is 24.7 Å². The third kappa shape index (κ3) is 3.76. The van der Waals surface area contributed by atoms with E-state index in [2.05, 4.69) is 4.98 Å². The number of non-ortho nitro benzene ring substituents is 1. The zero-order chi connectivity index (χ0) is 21.2. The Morgan fingerprint density at radius 2 is 1.84 bits per heavy atom. The minimum Gasteiger partial charge on any atom is -0.488 e. The molecule has 0 amide bonds. The van der Waals surface area contributed by atoms with Gasteiger partial charge in [-0.1, -0.05) is 36.4 Å². The van der Waals surface area contributed by atoms with Crippen molar-refractivity contribution >= 4 is 16.8 Å². The number of oxazole rings is 1. The molecule has 3 aromatic carbocycles. The molecule has 31 heavy (non-hydrogen) atoms.